The molecule has 1 aliphatic heterocycles. The van der Waals surface area contributed by atoms with Gasteiger partial charge >= 0.3 is 6.03 Å². The fourth-order valence-electron chi connectivity index (χ4n) is 2.59. The first-order valence-corrected chi connectivity index (χ1v) is 7.24. The molecule has 0 spiro atoms. The number of nitrogens with zero attached hydrogens (tertiary/aromatic N) is 1. The molecule has 2 rings (SSSR count). The van der Waals surface area contributed by atoms with Gasteiger partial charge in [0.05, 0.1) is 6.04 Å². The second kappa shape index (κ2) is 6.74. The van der Waals surface area contributed by atoms with Gasteiger partial charge in [0.2, 0.25) is 5.91 Å². The van der Waals surface area contributed by atoms with Crippen molar-refractivity contribution in [1.82, 2.24) is 10.2 Å². The molecule has 0 saturated carbocycles. The third-order valence-corrected chi connectivity index (χ3v) is 3.95. The number of primary amides is 1. The van der Waals surface area contributed by atoms with Gasteiger partial charge in [0.25, 0.3) is 0 Å². The Bertz CT molecular complexity index is 579. The lowest BCUT2D eigenvalue weighted by atomic mass is 10.2. The monoisotopic (exact) mass is 308 g/mol. The van der Waals surface area contributed by atoms with Gasteiger partial charge in [-0.15, -0.1) is 0 Å². The molecule has 1 aromatic rings. The van der Waals surface area contributed by atoms with Crippen LogP contribution in [-0.4, -0.2) is 42.0 Å². The number of aryl methyl sites for hydroxylation is 1. The molecule has 1 fully saturated rings. The third kappa shape index (κ3) is 3.94. The summed E-state index contributed by atoms with van der Waals surface area (Å²) >= 11 is 0. The van der Waals surface area contributed by atoms with Gasteiger partial charge in [-0.25, -0.2) is 9.18 Å². The van der Waals surface area contributed by atoms with Gasteiger partial charge in [-0.3, -0.25) is 9.69 Å². The summed E-state index contributed by atoms with van der Waals surface area (Å²) in [7, 11) is 0. The van der Waals surface area contributed by atoms with E-state index in [9.17, 15) is 14.0 Å². The fourth-order valence-corrected chi connectivity index (χ4v) is 2.59. The summed E-state index contributed by atoms with van der Waals surface area (Å²) in [6, 6.07) is 3.32. The Labute approximate surface area is 128 Å². The number of rotatable bonds is 4. The average Bonchev–Trinajstić information content (AvgIpc) is 2.89. The van der Waals surface area contributed by atoms with Crippen molar-refractivity contribution in [3.63, 3.8) is 0 Å². The van der Waals surface area contributed by atoms with Gasteiger partial charge in [0.15, 0.2) is 0 Å². The number of benzene rings is 1. The zero-order valence-corrected chi connectivity index (χ0v) is 12.7. The van der Waals surface area contributed by atoms with Crippen molar-refractivity contribution in [2.45, 2.75) is 32.4 Å². The Morgan fingerprint density at radius 3 is 2.86 bits per heavy atom. The second-order valence-electron chi connectivity index (χ2n) is 5.61. The zero-order chi connectivity index (χ0) is 16.3. The van der Waals surface area contributed by atoms with E-state index in [1.54, 1.807) is 13.0 Å². The Kier molecular flexibility index (Phi) is 4.97. The van der Waals surface area contributed by atoms with Crippen LogP contribution in [-0.2, 0) is 4.79 Å². The quantitative estimate of drug-likeness (QED) is 0.781. The third-order valence-electron chi connectivity index (χ3n) is 3.95. The summed E-state index contributed by atoms with van der Waals surface area (Å²) in [6.45, 7) is 4.86. The molecule has 0 unspecified atom stereocenters. The van der Waals surface area contributed by atoms with Crippen LogP contribution in [0.25, 0.3) is 0 Å². The van der Waals surface area contributed by atoms with Crippen molar-refractivity contribution >= 4 is 17.6 Å². The Morgan fingerprint density at radius 1 is 1.45 bits per heavy atom. The van der Waals surface area contributed by atoms with Crippen LogP contribution >= 0.6 is 0 Å². The van der Waals surface area contributed by atoms with Gasteiger partial charge in [-0.05, 0) is 38.0 Å². The van der Waals surface area contributed by atoms with Crippen molar-refractivity contribution in [2.24, 2.45) is 5.73 Å². The summed E-state index contributed by atoms with van der Waals surface area (Å²) in [4.78, 5) is 25.1. The van der Waals surface area contributed by atoms with E-state index in [2.05, 4.69) is 10.6 Å². The van der Waals surface area contributed by atoms with E-state index < -0.39 is 6.03 Å². The maximum absolute atomic E-state index is 13.3. The first-order chi connectivity index (χ1) is 10.4. The Balaban J connectivity index is 1.95. The molecule has 1 saturated heterocycles. The molecule has 1 aromatic carbocycles. The van der Waals surface area contributed by atoms with E-state index in [0.717, 1.165) is 12.0 Å². The molecule has 1 aliphatic rings. The highest BCUT2D eigenvalue weighted by molar-refractivity contribution is 5.95. The number of hydrogen-bond donors (Lipinski definition) is 3. The lowest BCUT2D eigenvalue weighted by molar-refractivity contribution is -0.120. The van der Waals surface area contributed by atoms with Crippen molar-refractivity contribution in [1.29, 1.82) is 0 Å². The molecule has 7 heteroatoms. The minimum Gasteiger partial charge on any atom is -0.352 e. The van der Waals surface area contributed by atoms with Crippen LogP contribution in [0.3, 0.4) is 0 Å². The molecule has 1 heterocycles. The highest BCUT2D eigenvalue weighted by atomic mass is 19.1. The molecule has 120 valence electrons. The molecule has 0 radical (unpaired) electrons. The number of anilines is 1. The predicted octanol–water partition coefficient (Wildman–Crippen LogP) is 1.20. The van der Waals surface area contributed by atoms with Crippen LogP contribution in [0, 0.1) is 12.7 Å². The number of urea groups is 1. The van der Waals surface area contributed by atoms with E-state index in [4.69, 9.17) is 5.73 Å². The molecular formula is C15H21FN4O2. The number of nitrogens with two attached hydrogens (primary N) is 1. The number of carbonyl (C=O) groups is 2. The zero-order valence-electron chi connectivity index (χ0n) is 12.7. The first kappa shape index (κ1) is 16.2. The number of nitrogens with one attached hydrogen (secondary N) is 2. The number of hydrogen-bond acceptors (Lipinski definition) is 3. The maximum Gasteiger partial charge on any atom is 0.312 e. The van der Waals surface area contributed by atoms with Crippen LogP contribution in [0.4, 0.5) is 14.9 Å². The summed E-state index contributed by atoms with van der Waals surface area (Å²) < 4.78 is 13.3. The number of likely N-dealkylation sites (tertiary alicyclic amines) is 1. The van der Waals surface area contributed by atoms with E-state index in [-0.39, 0.29) is 23.8 Å². The van der Waals surface area contributed by atoms with Gasteiger partial charge in [0.1, 0.15) is 5.82 Å². The maximum atomic E-state index is 13.3. The molecular weight excluding hydrogens is 287 g/mol. The summed E-state index contributed by atoms with van der Waals surface area (Å²) in [5, 5.41) is 5.40. The number of halogens is 1. The fraction of sp³-hybridized carbons (Fsp3) is 0.467. The van der Waals surface area contributed by atoms with Crippen LogP contribution in [0.2, 0.25) is 0 Å². The largest absolute Gasteiger partial charge is 0.352 e. The molecule has 4 N–H and O–H groups in total. The molecule has 6 nitrogen and oxygen atoms in total. The molecule has 22 heavy (non-hydrogen) atoms. The normalized spacial score (nSPS) is 19.7. The summed E-state index contributed by atoms with van der Waals surface area (Å²) in [5.41, 5.74) is 6.38. The smallest absolute Gasteiger partial charge is 0.312 e. The van der Waals surface area contributed by atoms with Crippen LogP contribution < -0.4 is 16.4 Å². The predicted molar refractivity (Wildman–Crippen MR) is 81.9 cm³/mol. The lowest BCUT2D eigenvalue weighted by Gasteiger charge is -2.23. The van der Waals surface area contributed by atoms with Gasteiger partial charge < -0.3 is 16.4 Å². The minimum atomic E-state index is -0.556. The van der Waals surface area contributed by atoms with E-state index in [1.807, 2.05) is 11.8 Å². The highest BCUT2D eigenvalue weighted by Crippen LogP contribution is 2.18. The summed E-state index contributed by atoms with van der Waals surface area (Å²) in [6.07, 6.45) is 0.750. The minimum absolute atomic E-state index is 0.0383. The number of carbonyl (C=O) groups excluding carboxylic acids is 2. The Hall–Kier alpha value is -2.15. The standard InChI is InChI=1S/C15H21FN4O2/c1-9-3-4-11(16)7-13(9)19-14(21)10(2)20-6-5-12(8-20)18-15(17)22/h3-4,7,10,12H,5-6,8H2,1-2H3,(H,19,21)(H3,17,18,22)/t10-,12-/m0/s1. The van der Waals surface area contributed by atoms with E-state index in [1.165, 1.54) is 12.1 Å². The van der Waals surface area contributed by atoms with Gasteiger partial charge in [-0.2, -0.15) is 0 Å². The Morgan fingerprint density at radius 2 is 2.18 bits per heavy atom. The summed E-state index contributed by atoms with van der Waals surface area (Å²) in [5.74, 6) is -0.589. The van der Waals surface area contributed by atoms with Crippen LogP contribution in [0.1, 0.15) is 18.9 Å². The van der Waals surface area contributed by atoms with Crippen molar-refractivity contribution in [3.8, 4) is 0 Å². The highest BCUT2D eigenvalue weighted by Gasteiger charge is 2.30. The first-order valence-electron chi connectivity index (χ1n) is 7.24. The van der Waals surface area contributed by atoms with Gasteiger partial charge in [-0.1, -0.05) is 6.07 Å². The number of amides is 3. The lowest BCUT2D eigenvalue weighted by Crippen LogP contribution is -2.44. The SMILES string of the molecule is Cc1ccc(F)cc1NC(=O)[C@H](C)N1CC[C@H](NC(N)=O)C1. The van der Waals surface area contributed by atoms with E-state index in [0.29, 0.717) is 18.8 Å². The molecule has 2 atom stereocenters. The van der Waals surface area contributed by atoms with Crippen molar-refractivity contribution < 1.29 is 14.0 Å². The molecule has 3 amide bonds. The second-order valence-corrected chi connectivity index (χ2v) is 5.61. The van der Waals surface area contributed by atoms with Crippen LogP contribution in [0.15, 0.2) is 18.2 Å². The van der Waals surface area contributed by atoms with Crippen molar-refractivity contribution in [3.05, 3.63) is 29.6 Å². The van der Waals surface area contributed by atoms with E-state index >= 15 is 0 Å². The average molecular weight is 308 g/mol. The van der Waals surface area contributed by atoms with Crippen molar-refractivity contribution in [2.75, 3.05) is 18.4 Å². The topological polar surface area (TPSA) is 87.5 Å². The van der Waals surface area contributed by atoms with Gasteiger partial charge in [0, 0.05) is 24.8 Å². The van der Waals surface area contributed by atoms with Crippen LogP contribution in [0.5, 0.6) is 0 Å². The molecule has 0 bridgehead atoms. The molecule has 0 aromatic heterocycles. The molecule has 0 aliphatic carbocycles.